The van der Waals surface area contributed by atoms with E-state index in [-0.39, 0.29) is 18.9 Å². The smallest absolute Gasteiger partial charge is 0.220 e. The molecular weight excluding hydrogens is 1330 g/mol. The number of aliphatic hydroxyl groups is 11. The molecule has 19 heteroatoms. The van der Waals surface area contributed by atoms with E-state index in [0.29, 0.717) is 12.8 Å². The van der Waals surface area contributed by atoms with Crippen LogP contribution in [0.5, 0.6) is 0 Å². The first-order valence-electron chi connectivity index (χ1n) is 43.7. The molecular formula is C86H161NO18. The lowest BCUT2D eigenvalue weighted by atomic mass is 9.96. The average molecular weight is 1500 g/mol. The van der Waals surface area contributed by atoms with Gasteiger partial charge >= 0.3 is 0 Å². The summed E-state index contributed by atoms with van der Waals surface area (Å²) >= 11 is 0. The summed E-state index contributed by atoms with van der Waals surface area (Å²) in [6.45, 7) is 1.78. The summed E-state index contributed by atoms with van der Waals surface area (Å²) in [6, 6.07) is -0.997. The minimum atomic E-state index is -1.98. The molecule has 0 radical (unpaired) electrons. The summed E-state index contributed by atoms with van der Waals surface area (Å²) in [4.78, 5) is 13.5. The van der Waals surface area contributed by atoms with Gasteiger partial charge < -0.3 is 89.9 Å². The van der Waals surface area contributed by atoms with Crippen molar-refractivity contribution in [3.05, 3.63) is 36.5 Å². The Hall–Kier alpha value is -1.99. The van der Waals surface area contributed by atoms with Gasteiger partial charge in [-0.2, -0.15) is 0 Å². The van der Waals surface area contributed by atoms with Crippen molar-refractivity contribution < 1.29 is 89.4 Å². The first kappa shape index (κ1) is 97.2. The van der Waals surface area contributed by atoms with Crippen LogP contribution in [-0.4, -0.2) is 193 Å². The fourth-order valence-corrected chi connectivity index (χ4v) is 14.9. The van der Waals surface area contributed by atoms with Gasteiger partial charge in [0.2, 0.25) is 5.91 Å². The van der Waals surface area contributed by atoms with E-state index >= 15 is 0 Å². The molecule has 19 nitrogen and oxygen atoms in total. The fraction of sp³-hybridized carbons (Fsp3) is 0.919. The number of rotatable bonds is 71. The number of carbonyl (C=O) groups excluding carboxylic acids is 1. The first-order valence-corrected chi connectivity index (χ1v) is 43.7. The highest BCUT2D eigenvalue weighted by Gasteiger charge is 2.54. The SMILES string of the molecule is CCCCCCCCCCCCCCCCCCCCCC/C=C/CC/C=C/CC/C=C/C(O)C(COC1OC(CO)C(OC2OC(CO)C(OC3OC(CO)C(O)C(O)C3O)C(O)C2O)C(O)C1O)NC(=O)CCCCCCCCCCCCCCCCCCCCCCCCCCCCCCCC. The van der Waals surface area contributed by atoms with Gasteiger partial charge in [-0.1, -0.05) is 359 Å². The van der Waals surface area contributed by atoms with E-state index in [4.69, 9.17) is 28.4 Å². The zero-order valence-corrected chi connectivity index (χ0v) is 66.5. The molecule has 17 atom stereocenters. The molecule has 17 unspecified atom stereocenters. The van der Waals surface area contributed by atoms with Gasteiger partial charge in [-0.3, -0.25) is 4.79 Å². The number of allylic oxidation sites excluding steroid dienone is 5. The molecule has 12 N–H and O–H groups in total. The maximum Gasteiger partial charge on any atom is 0.220 e. The summed E-state index contributed by atoms with van der Waals surface area (Å²) in [5.41, 5.74) is 0. The highest BCUT2D eigenvalue weighted by Crippen LogP contribution is 2.33. The summed E-state index contributed by atoms with van der Waals surface area (Å²) in [6.07, 6.45) is 57.3. The van der Waals surface area contributed by atoms with Crippen molar-refractivity contribution in [3.63, 3.8) is 0 Å². The zero-order chi connectivity index (χ0) is 76.0. The molecule has 0 aromatic carbocycles. The van der Waals surface area contributed by atoms with Gasteiger partial charge in [0, 0.05) is 6.42 Å². The van der Waals surface area contributed by atoms with Crippen LogP contribution in [0.15, 0.2) is 36.5 Å². The maximum atomic E-state index is 13.5. The number of hydrogen-bond acceptors (Lipinski definition) is 18. The van der Waals surface area contributed by atoms with Crippen molar-refractivity contribution in [2.45, 2.75) is 478 Å². The Balaban J connectivity index is 1.36. The second-order valence-electron chi connectivity index (χ2n) is 31.3. The van der Waals surface area contributed by atoms with Crippen molar-refractivity contribution in [2.75, 3.05) is 26.4 Å². The molecule has 0 aromatic rings. The Morgan fingerprint density at radius 1 is 0.333 bits per heavy atom. The molecule has 0 spiro atoms. The second kappa shape index (κ2) is 66.6. The Labute approximate surface area is 638 Å². The van der Waals surface area contributed by atoms with Gasteiger partial charge in [-0.15, -0.1) is 0 Å². The number of ether oxygens (including phenoxy) is 6. The van der Waals surface area contributed by atoms with E-state index in [0.717, 1.165) is 44.9 Å². The summed E-state index contributed by atoms with van der Waals surface area (Å²) in [5.74, 6) is -0.281. The molecule has 1 amide bonds. The third-order valence-electron chi connectivity index (χ3n) is 21.9. The van der Waals surface area contributed by atoms with E-state index in [1.54, 1.807) is 6.08 Å². The summed E-state index contributed by atoms with van der Waals surface area (Å²) in [7, 11) is 0. The van der Waals surface area contributed by atoms with E-state index in [2.05, 4.69) is 43.5 Å². The molecule has 3 aliphatic rings. The van der Waals surface area contributed by atoms with E-state index < -0.39 is 124 Å². The molecule has 618 valence electrons. The number of unbranched alkanes of at least 4 members (excludes halogenated alkanes) is 51. The van der Waals surface area contributed by atoms with Gasteiger partial charge in [0.15, 0.2) is 18.9 Å². The van der Waals surface area contributed by atoms with E-state index in [1.807, 2.05) is 6.08 Å². The molecule has 3 heterocycles. The average Bonchev–Trinajstić information content (AvgIpc) is 0.781. The third kappa shape index (κ3) is 46.0. The van der Waals surface area contributed by atoms with Gasteiger partial charge in [0.1, 0.15) is 73.2 Å². The number of amides is 1. The van der Waals surface area contributed by atoms with Crippen LogP contribution in [0, 0.1) is 0 Å². The molecule has 3 saturated heterocycles. The molecule has 0 aromatic heterocycles. The largest absolute Gasteiger partial charge is 0.394 e. The highest BCUT2D eigenvalue weighted by molar-refractivity contribution is 5.76. The van der Waals surface area contributed by atoms with Crippen LogP contribution in [0.2, 0.25) is 0 Å². The minimum absolute atomic E-state index is 0.237. The van der Waals surface area contributed by atoms with Crippen LogP contribution >= 0.6 is 0 Å². The molecule has 105 heavy (non-hydrogen) atoms. The van der Waals surface area contributed by atoms with Crippen LogP contribution in [0.3, 0.4) is 0 Å². The fourth-order valence-electron chi connectivity index (χ4n) is 14.9. The van der Waals surface area contributed by atoms with E-state index in [1.165, 1.54) is 295 Å². The van der Waals surface area contributed by atoms with Crippen molar-refractivity contribution >= 4 is 5.91 Å². The monoisotopic (exact) mass is 1500 g/mol. The number of hydrogen-bond donors (Lipinski definition) is 12. The number of carbonyl (C=O) groups is 1. The minimum Gasteiger partial charge on any atom is -0.394 e. The first-order chi connectivity index (χ1) is 51.3. The molecule has 0 bridgehead atoms. The lowest BCUT2D eigenvalue weighted by Crippen LogP contribution is -2.66. The summed E-state index contributed by atoms with van der Waals surface area (Å²) < 4.78 is 34.5. The number of aliphatic hydroxyl groups excluding tert-OH is 11. The third-order valence-corrected chi connectivity index (χ3v) is 21.9. The zero-order valence-electron chi connectivity index (χ0n) is 66.5. The van der Waals surface area contributed by atoms with Crippen LogP contribution < -0.4 is 5.32 Å². The predicted molar refractivity (Wildman–Crippen MR) is 420 cm³/mol. The standard InChI is InChI=1S/C86H161NO18/c1-3-5-7-9-11-13-15-17-19-21-23-25-27-29-31-33-35-37-39-41-43-45-47-49-51-53-55-57-59-61-63-70(91)69(87-74(92)64-62-60-58-56-54-52-50-48-46-44-42-40-38-36-34-32-30-28-26-24-22-20-18-16-14-12-10-8-6-4-2)68-100-84-80(98)77(95)82(72(66-89)102-84)105-86-81(99)78(96)83(73(67-90)103-86)104-85-79(97)76(94)75(93)71(65-88)101-85/h45,47,53,55,61,63,69-73,75-86,88-91,93-99H,3-44,46,48-52,54,56-60,62,64-68H2,1-2H3,(H,87,92)/b47-45+,55-53+,63-61+. The predicted octanol–water partition coefficient (Wildman–Crippen LogP) is 15.9. The topological polar surface area (TPSA) is 307 Å². The highest BCUT2D eigenvalue weighted by atomic mass is 16.8. The van der Waals surface area contributed by atoms with Gasteiger partial charge in [-0.05, 0) is 44.9 Å². The Kier molecular flexibility index (Phi) is 61.7. The van der Waals surface area contributed by atoms with Gasteiger partial charge in [-0.25, -0.2) is 0 Å². The van der Waals surface area contributed by atoms with Gasteiger partial charge in [0.25, 0.3) is 0 Å². The number of nitrogens with one attached hydrogen (secondary N) is 1. The molecule has 0 aliphatic carbocycles. The molecule has 3 aliphatic heterocycles. The van der Waals surface area contributed by atoms with Crippen LogP contribution in [0.25, 0.3) is 0 Å². The van der Waals surface area contributed by atoms with Crippen molar-refractivity contribution in [1.82, 2.24) is 5.32 Å². The van der Waals surface area contributed by atoms with E-state index in [9.17, 15) is 61.0 Å². The van der Waals surface area contributed by atoms with Crippen LogP contribution in [0.4, 0.5) is 0 Å². The maximum absolute atomic E-state index is 13.5. The Morgan fingerprint density at radius 2 is 0.610 bits per heavy atom. The van der Waals surface area contributed by atoms with Crippen molar-refractivity contribution in [2.24, 2.45) is 0 Å². The quantitative estimate of drug-likeness (QED) is 0.0199. The normalized spacial score (nSPS) is 25.9. The second-order valence-corrected chi connectivity index (χ2v) is 31.3. The molecule has 3 rings (SSSR count). The Bertz CT molecular complexity index is 2030. The Morgan fingerprint density at radius 3 is 0.952 bits per heavy atom. The molecule has 0 saturated carbocycles. The van der Waals surface area contributed by atoms with Crippen LogP contribution in [-0.2, 0) is 33.2 Å². The van der Waals surface area contributed by atoms with Gasteiger partial charge in [0.05, 0.1) is 38.6 Å². The lowest BCUT2D eigenvalue weighted by Gasteiger charge is -2.48. The van der Waals surface area contributed by atoms with Crippen LogP contribution in [0.1, 0.15) is 373 Å². The lowest BCUT2D eigenvalue weighted by molar-refractivity contribution is -0.379. The van der Waals surface area contributed by atoms with Crippen molar-refractivity contribution in [3.8, 4) is 0 Å². The van der Waals surface area contributed by atoms with Crippen molar-refractivity contribution in [1.29, 1.82) is 0 Å². The molecule has 3 fully saturated rings. The summed E-state index contributed by atoms with van der Waals surface area (Å²) in [5, 5.41) is 121.